The van der Waals surface area contributed by atoms with Gasteiger partial charge in [0, 0.05) is 43.8 Å². The molecule has 3 rings (SSSR count). The third kappa shape index (κ3) is 3.98. The zero-order valence-corrected chi connectivity index (χ0v) is 16.0. The number of aryl methyl sites for hydroxylation is 1. The number of hydrogen-bond donors (Lipinski definition) is 1. The number of nitrogens with zero attached hydrogens (tertiary/aromatic N) is 3. The van der Waals surface area contributed by atoms with E-state index < -0.39 is 0 Å². The van der Waals surface area contributed by atoms with E-state index in [1.807, 2.05) is 25.3 Å². The Balaban J connectivity index is 1.74. The predicted octanol–water partition coefficient (Wildman–Crippen LogP) is 4.09. The minimum atomic E-state index is -0.114. The highest BCUT2D eigenvalue weighted by Gasteiger charge is 2.15. The van der Waals surface area contributed by atoms with E-state index in [-0.39, 0.29) is 5.91 Å². The van der Waals surface area contributed by atoms with Crippen LogP contribution in [0.15, 0.2) is 36.7 Å². The van der Waals surface area contributed by atoms with Gasteiger partial charge in [0.15, 0.2) is 0 Å². The molecular formula is C21H28N4O. The van der Waals surface area contributed by atoms with Gasteiger partial charge in [-0.1, -0.05) is 0 Å². The van der Waals surface area contributed by atoms with E-state index >= 15 is 0 Å². The topological polar surface area (TPSA) is 48.5 Å². The molecule has 5 heteroatoms. The Morgan fingerprint density at radius 1 is 1.15 bits per heavy atom. The molecular weight excluding hydrogens is 324 g/mol. The molecule has 2 aromatic rings. The molecule has 1 saturated heterocycles. The first-order chi connectivity index (χ1) is 12.6. The van der Waals surface area contributed by atoms with Crippen molar-refractivity contribution in [2.75, 3.05) is 41.3 Å². The molecule has 0 atom stereocenters. The molecule has 1 fully saturated rings. The van der Waals surface area contributed by atoms with Crippen LogP contribution in [0.2, 0.25) is 0 Å². The lowest BCUT2D eigenvalue weighted by atomic mass is 10.1. The zero-order chi connectivity index (χ0) is 18.5. The maximum Gasteiger partial charge on any atom is 0.257 e. The molecule has 0 radical (unpaired) electrons. The summed E-state index contributed by atoms with van der Waals surface area (Å²) in [7, 11) is 0. The molecule has 5 nitrogen and oxygen atoms in total. The fraction of sp³-hybridized carbons (Fsp3) is 0.429. The third-order valence-electron chi connectivity index (χ3n) is 5.04. The van der Waals surface area contributed by atoms with Gasteiger partial charge in [-0.2, -0.15) is 0 Å². The highest BCUT2D eigenvalue weighted by Crippen LogP contribution is 2.24. The Morgan fingerprint density at radius 3 is 2.54 bits per heavy atom. The van der Waals surface area contributed by atoms with Crippen molar-refractivity contribution < 1.29 is 4.79 Å². The average Bonchev–Trinajstić information content (AvgIpc) is 3.20. The van der Waals surface area contributed by atoms with Crippen LogP contribution in [-0.4, -0.2) is 37.1 Å². The van der Waals surface area contributed by atoms with Crippen LogP contribution in [0.4, 0.5) is 17.1 Å². The van der Waals surface area contributed by atoms with Crippen molar-refractivity contribution in [2.45, 2.75) is 33.6 Å². The summed E-state index contributed by atoms with van der Waals surface area (Å²) in [6, 6.07) is 8.11. The van der Waals surface area contributed by atoms with Gasteiger partial charge in [0.2, 0.25) is 0 Å². The highest BCUT2D eigenvalue weighted by atomic mass is 16.1. The van der Waals surface area contributed by atoms with Gasteiger partial charge in [0.25, 0.3) is 5.91 Å². The molecule has 0 spiro atoms. The van der Waals surface area contributed by atoms with Gasteiger partial charge < -0.3 is 15.1 Å². The summed E-state index contributed by atoms with van der Waals surface area (Å²) in [5.41, 5.74) is 4.72. The summed E-state index contributed by atoms with van der Waals surface area (Å²) >= 11 is 0. The number of benzene rings is 1. The van der Waals surface area contributed by atoms with Crippen LogP contribution in [0, 0.1) is 6.92 Å². The number of hydrogen-bond acceptors (Lipinski definition) is 4. The predicted molar refractivity (Wildman–Crippen MR) is 108 cm³/mol. The van der Waals surface area contributed by atoms with Gasteiger partial charge in [-0.05, 0) is 63.4 Å². The lowest BCUT2D eigenvalue weighted by Crippen LogP contribution is -2.22. The van der Waals surface area contributed by atoms with Crippen LogP contribution in [-0.2, 0) is 0 Å². The normalized spacial score (nSPS) is 13.7. The molecule has 0 saturated carbocycles. The second-order valence-electron chi connectivity index (χ2n) is 6.75. The standard InChI is InChI=1S/C21H28N4O/c1-4-24(5-2)18-8-9-20(16(3)12-18)23-21(26)17-13-19(15-22-14-17)25-10-6-7-11-25/h8-9,12-15H,4-7,10-11H2,1-3H3,(H,23,26). The van der Waals surface area contributed by atoms with Crippen LogP contribution in [0.1, 0.15) is 42.6 Å². The third-order valence-corrected chi connectivity index (χ3v) is 5.04. The van der Waals surface area contributed by atoms with E-state index in [4.69, 9.17) is 0 Å². The van der Waals surface area contributed by atoms with E-state index in [1.54, 1.807) is 6.20 Å². The zero-order valence-electron chi connectivity index (χ0n) is 16.0. The second-order valence-corrected chi connectivity index (χ2v) is 6.75. The Labute approximate surface area is 156 Å². The van der Waals surface area contributed by atoms with Crippen LogP contribution in [0.5, 0.6) is 0 Å². The van der Waals surface area contributed by atoms with Crippen LogP contribution >= 0.6 is 0 Å². The average molecular weight is 352 g/mol. The first-order valence-corrected chi connectivity index (χ1v) is 9.49. The van der Waals surface area contributed by atoms with Crippen molar-refractivity contribution in [1.29, 1.82) is 0 Å². The summed E-state index contributed by atoms with van der Waals surface area (Å²) in [6.07, 6.45) is 5.88. The van der Waals surface area contributed by atoms with Crippen molar-refractivity contribution in [3.8, 4) is 0 Å². The fourth-order valence-corrected chi connectivity index (χ4v) is 3.47. The van der Waals surface area contributed by atoms with Crippen LogP contribution in [0.25, 0.3) is 0 Å². The Morgan fingerprint density at radius 2 is 1.88 bits per heavy atom. The largest absolute Gasteiger partial charge is 0.372 e. The lowest BCUT2D eigenvalue weighted by molar-refractivity contribution is 0.102. The van der Waals surface area contributed by atoms with E-state index in [9.17, 15) is 4.79 Å². The SMILES string of the molecule is CCN(CC)c1ccc(NC(=O)c2cncc(N3CCCC3)c2)c(C)c1. The van der Waals surface area contributed by atoms with Crippen molar-refractivity contribution in [2.24, 2.45) is 0 Å². The minimum Gasteiger partial charge on any atom is -0.372 e. The van der Waals surface area contributed by atoms with Gasteiger partial charge in [0.05, 0.1) is 17.4 Å². The first-order valence-electron chi connectivity index (χ1n) is 9.49. The van der Waals surface area contributed by atoms with Gasteiger partial charge in [0.1, 0.15) is 0 Å². The molecule has 0 unspecified atom stereocenters. The number of carbonyl (C=O) groups is 1. The van der Waals surface area contributed by atoms with Crippen molar-refractivity contribution in [3.05, 3.63) is 47.8 Å². The van der Waals surface area contributed by atoms with E-state index in [2.05, 4.69) is 46.1 Å². The van der Waals surface area contributed by atoms with Crippen LogP contribution < -0.4 is 15.1 Å². The Kier molecular flexibility index (Phi) is 5.76. The van der Waals surface area contributed by atoms with Crippen molar-refractivity contribution >= 4 is 23.0 Å². The molecule has 1 N–H and O–H groups in total. The number of nitrogens with one attached hydrogen (secondary N) is 1. The fourth-order valence-electron chi connectivity index (χ4n) is 3.47. The smallest absolute Gasteiger partial charge is 0.257 e. The summed E-state index contributed by atoms with van der Waals surface area (Å²) in [5, 5.41) is 3.03. The van der Waals surface area contributed by atoms with Gasteiger partial charge >= 0.3 is 0 Å². The van der Waals surface area contributed by atoms with E-state index in [0.29, 0.717) is 5.56 Å². The number of aromatic nitrogens is 1. The van der Waals surface area contributed by atoms with Gasteiger partial charge in [-0.25, -0.2) is 0 Å². The molecule has 26 heavy (non-hydrogen) atoms. The van der Waals surface area contributed by atoms with Crippen molar-refractivity contribution in [1.82, 2.24) is 4.98 Å². The maximum absolute atomic E-state index is 12.7. The quantitative estimate of drug-likeness (QED) is 0.851. The molecule has 1 aromatic carbocycles. The second kappa shape index (κ2) is 8.21. The van der Waals surface area contributed by atoms with Crippen molar-refractivity contribution in [3.63, 3.8) is 0 Å². The summed E-state index contributed by atoms with van der Waals surface area (Å²) < 4.78 is 0. The van der Waals surface area contributed by atoms with Gasteiger partial charge in [-0.15, -0.1) is 0 Å². The monoisotopic (exact) mass is 352 g/mol. The highest BCUT2D eigenvalue weighted by molar-refractivity contribution is 6.05. The molecule has 2 heterocycles. The summed E-state index contributed by atoms with van der Waals surface area (Å²) in [6.45, 7) is 10.3. The first kappa shape index (κ1) is 18.2. The Bertz CT molecular complexity index is 764. The number of amides is 1. The van der Waals surface area contributed by atoms with E-state index in [0.717, 1.165) is 43.1 Å². The minimum absolute atomic E-state index is 0.114. The molecule has 0 bridgehead atoms. The maximum atomic E-state index is 12.7. The lowest BCUT2D eigenvalue weighted by Gasteiger charge is -2.22. The van der Waals surface area contributed by atoms with E-state index in [1.165, 1.54) is 18.5 Å². The molecule has 1 aromatic heterocycles. The number of rotatable bonds is 6. The number of anilines is 3. The number of pyridine rings is 1. The molecule has 0 aliphatic carbocycles. The summed E-state index contributed by atoms with van der Waals surface area (Å²) in [4.78, 5) is 21.5. The molecule has 1 aliphatic rings. The van der Waals surface area contributed by atoms with Gasteiger partial charge in [-0.3, -0.25) is 9.78 Å². The number of carbonyl (C=O) groups excluding carboxylic acids is 1. The summed E-state index contributed by atoms with van der Waals surface area (Å²) in [5.74, 6) is -0.114. The molecule has 138 valence electrons. The molecule has 1 amide bonds. The van der Waals surface area contributed by atoms with Crippen LogP contribution in [0.3, 0.4) is 0 Å². The molecule has 1 aliphatic heterocycles. The Hall–Kier alpha value is -2.56.